The highest BCUT2D eigenvalue weighted by molar-refractivity contribution is 5.84. The first-order valence-corrected chi connectivity index (χ1v) is 9.11. The van der Waals surface area contributed by atoms with Gasteiger partial charge < -0.3 is 11.1 Å². The fourth-order valence-corrected chi connectivity index (χ4v) is 4.31. The van der Waals surface area contributed by atoms with Crippen LogP contribution in [-0.4, -0.2) is 17.5 Å². The Morgan fingerprint density at radius 3 is 2.24 bits per heavy atom. The van der Waals surface area contributed by atoms with Crippen LogP contribution in [0.2, 0.25) is 0 Å². The van der Waals surface area contributed by atoms with Crippen LogP contribution in [0.4, 0.5) is 0 Å². The molecule has 0 radical (unpaired) electrons. The van der Waals surface area contributed by atoms with Crippen LogP contribution in [0, 0.1) is 11.8 Å². The van der Waals surface area contributed by atoms with Crippen molar-refractivity contribution in [2.75, 3.05) is 0 Å². The van der Waals surface area contributed by atoms with E-state index in [1.807, 2.05) is 0 Å². The molecule has 2 unspecified atom stereocenters. The summed E-state index contributed by atoms with van der Waals surface area (Å²) in [6.07, 6.45) is 13.1. The summed E-state index contributed by atoms with van der Waals surface area (Å²) in [5, 5.41) is 3.74. The number of hydrogen-bond acceptors (Lipinski definition) is 2. The molecule has 0 aromatic rings. The third-order valence-electron chi connectivity index (χ3n) is 5.87. The first-order chi connectivity index (χ1) is 10.0. The van der Waals surface area contributed by atoms with E-state index in [2.05, 4.69) is 19.2 Å². The van der Waals surface area contributed by atoms with Gasteiger partial charge in [0.05, 0.1) is 5.54 Å². The van der Waals surface area contributed by atoms with Crippen molar-refractivity contribution in [3.8, 4) is 0 Å². The Kier molecular flexibility index (Phi) is 6.09. The maximum atomic E-state index is 12.2. The lowest BCUT2D eigenvalue weighted by Crippen LogP contribution is -2.58. The first-order valence-electron chi connectivity index (χ1n) is 9.11. The van der Waals surface area contributed by atoms with Gasteiger partial charge in [-0.05, 0) is 43.9 Å². The summed E-state index contributed by atoms with van der Waals surface area (Å²) in [6, 6.07) is 0.496. The van der Waals surface area contributed by atoms with Crippen molar-refractivity contribution < 1.29 is 4.79 Å². The van der Waals surface area contributed by atoms with Crippen molar-refractivity contribution in [2.45, 2.75) is 96.1 Å². The van der Waals surface area contributed by atoms with Crippen LogP contribution in [0.1, 0.15) is 84.5 Å². The molecule has 3 N–H and O–H groups in total. The van der Waals surface area contributed by atoms with Gasteiger partial charge in [0.2, 0.25) is 5.91 Å². The molecular weight excluding hydrogens is 260 g/mol. The van der Waals surface area contributed by atoms with E-state index in [1.165, 1.54) is 44.9 Å². The van der Waals surface area contributed by atoms with Gasteiger partial charge in [-0.3, -0.25) is 4.79 Å². The summed E-state index contributed by atoms with van der Waals surface area (Å²) in [4.78, 5) is 12.2. The molecule has 0 heterocycles. The highest BCUT2D eigenvalue weighted by Gasteiger charge is 2.40. The molecule has 2 aliphatic carbocycles. The molecule has 1 amide bonds. The minimum absolute atomic E-state index is 0.115. The fourth-order valence-electron chi connectivity index (χ4n) is 4.31. The largest absolute Gasteiger partial charge is 0.368 e. The Bertz CT molecular complexity index is 334. The second kappa shape index (κ2) is 7.62. The average molecular weight is 294 g/mol. The van der Waals surface area contributed by atoms with Crippen molar-refractivity contribution in [1.29, 1.82) is 0 Å². The molecule has 122 valence electrons. The molecule has 2 rings (SSSR count). The van der Waals surface area contributed by atoms with E-state index in [-0.39, 0.29) is 5.91 Å². The summed E-state index contributed by atoms with van der Waals surface area (Å²) < 4.78 is 0. The molecule has 2 atom stereocenters. The Labute approximate surface area is 130 Å². The molecule has 0 spiro atoms. The number of hydrogen-bond donors (Lipinski definition) is 2. The Morgan fingerprint density at radius 1 is 1.00 bits per heavy atom. The van der Waals surface area contributed by atoms with Crippen molar-refractivity contribution in [1.82, 2.24) is 5.32 Å². The van der Waals surface area contributed by atoms with Crippen LogP contribution in [0.3, 0.4) is 0 Å². The molecule has 0 aromatic carbocycles. The number of nitrogens with one attached hydrogen (secondary N) is 1. The highest BCUT2D eigenvalue weighted by Crippen LogP contribution is 2.35. The van der Waals surface area contributed by atoms with Gasteiger partial charge in [0, 0.05) is 6.04 Å². The summed E-state index contributed by atoms with van der Waals surface area (Å²) >= 11 is 0. The maximum absolute atomic E-state index is 12.2. The normalized spacial score (nSPS) is 32.6. The second-order valence-electron chi connectivity index (χ2n) is 7.71. The molecule has 2 saturated carbocycles. The molecule has 2 aliphatic rings. The molecule has 3 nitrogen and oxygen atoms in total. The highest BCUT2D eigenvalue weighted by atomic mass is 16.1. The monoisotopic (exact) mass is 294 g/mol. The lowest BCUT2D eigenvalue weighted by Gasteiger charge is -2.35. The van der Waals surface area contributed by atoms with Gasteiger partial charge >= 0.3 is 0 Å². The van der Waals surface area contributed by atoms with Gasteiger partial charge in [-0.1, -0.05) is 52.4 Å². The summed E-state index contributed by atoms with van der Waals surface area (Å²) in [5.74, 6) is 1.35. The standard InChI is InChI=1S/C18H34N2O/c1-14(2)15-8-7-12-18(13-11-15,17(19)21)20-16-9-5-3-4-6-10-16/h14-16,20H,3-13H2,1-2H3,(H2,19,21). The quantitative estimate of drug-likeness (QED) is 0.776. The number of amides is 1. The summed E-state index contributed by atoms with van der Waals surface area (Å²) in [5.41, 5.74) is 5.42. The smallest absolute Gasteiger partial charge is 0.237 e. The second-order valence-corrected chi connectivity index (χ2v) is 7.71. The third kappa shape index (κ3) is 4.45. The van der Waals surface area contributed by atoms with E-state index in [0.717, 1.165) is 31.6 Å². The minimum Gasteiger partial charge on any atom is -0.368 e. The van der Waals surface area contributed by atoms with E-state index >= 15 is 0 Å². The molecule has 0 aromatic heterocycles. The van der Waals surface area contributed by atoms with E-state index in [1.54, 1.807) is 0 Å². The van der Waals surface area contributed by atoms with Crippen molar-refractivity contribution in [3.05, 3.63) is 0 Å². The van der Waals surface area contributed by atoms with Gasteiger partial charge in [0.1, 0.15) is 0 Å². The van der Waals surface area contributed by atoms with Gasteiger partial charge in [0.25, 0.3) is 0 Å². The molecular formula is C18H34N2O. The Morgan fingerprint density at radius 2 is 1.67 bits per heavy atom. The molecule has 0 bridgehead atoms. The SMILES string of the molecule is CC(C)C1CCCC(NC2CCCCCC2)(C(N)=O)CC1. The van der Waals surface area contributed by atoms with Crippen LogP contribution in [-0.2, 0) is 4.79 Å². The molecule has 2 fully saturated rings. The van der Waals surface area contributed by atoms with E-state index in [9.17, 15) is 4.79 Å². The van der Waals surface area contributed by atoms with Crippen molar-refractivity contribution in [3.63, 3.8) is 0 Å². The van der Waals surface area contributed by atoms with Gasteiger partial charge in [0.15, 0.2) is 0 Å². The Balaban J connectivity index is 2.03. The molecule has 21 heavy (non-hydrogen) atoms. The minimum atomic E-state index is -0.432. The predicted octanol–water partition coefficient (Wildman–Crippen LogP) is 3.76. The van der Waals surface area contributed by atoms with Crippen LogP contribution in [0.5, 0.6) is 0 Å². The maximum Gasteiger partial charge on any atom is 0.237 e. The van der Waals surface area contributed by atoms with Crippen LogP contribution >= 0.6 is 0 Å². The van der Waals surface area contributed by atoms with Crippen LogP contribution in [0.25, 0.3) is 0 Å². The van der Waals surface area contributed by atoms with Crippen LogP contribution < -0.4 is 11.1 Å². The topological polar surface area (TPSA) is 55.1 Å². The number of primary amides is 1. The Hall–Kier alpha value is -0.570. The number of rotatable bonds is 4. The van der Waals surface area contributed by atoms with Gasteiger partial charge in [-0.2, -0.15) is 0 Å². The molecule has 0 saturated heterocycles. The zero-order chi connectivity index (χ0) is 15.3. The zero-order valence-corrected chi connectivity index (χ0v) is 14.0. The van der Waals surface area contributed by atoms with Crippen molar-refractivity contribution >= 4 is 5.91 Å². The third-order valence-corrected chi connectivity index (χ3v) is 5.87. The molecule has 3 heteroatoms. The number of carbonyl (C=O) groups is 1. The van der Waals surface area contributed by atoms with Gasteiger partial charge in [-0.25, -0.2) is 0 Å². The van der Waals surface area contributed by atoms with E-state index in [0.29, 0.717) is 12.0 Å². The summed E-state index contributed by atoms with van der Waals surface area (Å²) in [7, 11) is 0. The van der Waals surface area contributed by atoms with E-state index in [4.69, 9.17) is 5.73 Å². The lowest BCUT2D eigenvalue weighted by molar-refractivity contribution is -0.125. The van der Waals surface area contributed by atoms with Gasteiger partial charge in [-0.15, -0.1) is 0 Å². The van der Waals surface area contributed by atoms with E-state index < -0.39 is 5.54 Å². The predicted molar refractivity (Wildman–Crippen MR) is 88.0 cm³/mol. The van der Waals surface area contributed by atoms with Crippen molar-refractivity contribution in [2.24, 2.45) is 17.6 Å². The fraction of sp³-hybridized carbons (Fsp3) is 0.944. The molecule has 0 aliphatic heterocycles. The van der Waals surface area contributed by atoms with Crippen LogP contribution in [0.15, 0.2) is 0 Å². The first kappa shape index (κ1) is 16.8. The number of nitrogens with two attached hydrogens (primary N) is 1. The zero-order valence-electron chi connectivity index (χ0n) is 14.0. The lowest BCUT2D eigenvalue weighted by atomic mass is 9.85. The average Bonchev–Trinajstić information content (AvgIpc) is 2.80. The number of carbonyl (C=O) groups excluding carboxylic acids is 1. The summed E-state index contributed by atoms with van der Waals surface area (Å²) in [6.45, 7) is 4.61.